The van der Waals surface area contributed by atoms with E-state index in [2.05, 4.69) is 0 Å². The molecule has 1 unspecified atom stereocenters. The summed E-state index contributed by atoms with van der Waals surface area (Å²) in [7, 11) is 1.54. The van der Waals surface area contributed by atoms with Crippen molar-refractivity contribution < 1.29 is 19.4 Å². The fourth-order valence-corrected chi connectivity index (χ4v) is 4.19. The minimum Gasteiger partial charge on any atom is -0.496 e. The second kappa shape index (κ2) is 5.50. The largest absolute Gasteiger partial charge is 0.496 e. The second-order valence-corrected chi connectivity index (χ2v) is 6.55. The second-order valence-electron chi connectivity index (χ2n) is 4.64. The van der Waals surface area contributed by atoms with Gasteiger partial charge in [-0.3, -0.25) is 4.79 Å². The van der Waals surface area contributed by atoms with Crippen molar-refractivity contribution >= 4 is 34.6 Å². The number of hydrogen-bond acceptors (Lipinski definition) is 5. The Morgan fingerprint density at radius 2 is 2.24 bits per heavy atom. The number of rotatable bonds is 3. The highest BCUT2D eigenvalue weighted by Gasteiger charge is 2.37. The van der Waals surface area contributed by atoms with E-state index in [1.165, 1.54) is 23.3 Å². The number of fused-ring (bicyclic) bond motifs is 1. The zero-order chi connectivity index (χ0) is 15.0. The number of carboxylic acid groups (broad SMARTS) is 1. The molecule has 1 aliphatic rings. The van der Waals surface area contributed by atoms with Crippen LogP contribution in [-0.2, 0) is 11.2 Å². The quantitative estimate of drug-likeness (QED) is 0.943. The third kappa shape index (κ3) is 2.43. The van der Waals surface area contributed by atoms with Crippen LogP contribution in [0.3, 0.4) is 0 Å². The summed E-state index contributed by atoms with van der Waals surface area (Å²) in [5.41, 5.74) is 0.732. The number of carboxylic acids is 1. The normalized spacial score (nSPS) is 17.4. The first kappa shape index (κ1) is 14.1. The van der Waals surface area contributed by atoms with Crippen molar-refractivity contribution in [3.05, 3.63) is 38.2 Å². The van der Waals surface area contributed by atoms with Crippen LogP contribution < -0.4 is 4.74 Å². The molecular formula is C14H13NO4S2. The van der Waals surface area contributed by atoms with Crippen molar-refractivity contribution in [3.63, 3.8) is 0 Å². The van der Waals surface area contributed by atoms with Crippen LogP contribution in [0.4, 0.5) is 0 Å². The molecule has 3 heterocycles. The minimum atomic E-state index is -0.994. The van der Waals surface area contributed by atoms with Crippen LogP contribution >= 0.6 is 22.7 Å². The summed E-state index contributed by atoms with van der Waals surface area (Å²) in [6.07, 6.45) is 0.699. The molecule has 2 aromatic heterocycles. The van der Waals surface area contributed by atoms with Crippen molar-refractivity contribution in [2.75, 3.05) is 13.7 Å². The third-order valence-corrected chi connectivity index (χ3v) is 5.38. The summed E-state index contributed by atoms with van der Waals surface area (Å²) in [6, 6.07) is 2.54. The number of nitrogens with zero attached hydrogens (tertiary/aromatic N) is 1. The van der Waals surface area contributed by atoms with Gasteiger partial charge >= 0.3 is 5.97 Å². The Balaban J connectivity index is 1.94. The average Bonchev–Trinajstić information content (AvgIpc) is 3.13. The van der Waals surface area contributed by atoms with E-state index >= 15 is 0 Å². The Morgan fingerprint density at radius 3 is 2.90 bits per heavy atom. The van der Waals surface area contributed by atoms with Crippen LogP contribution in [0.25, 0.3) is 0 Å². The number of thiophene rings is 2. The van der Waals surface area contributed by atoms with Crippen LogP contribution in [0, 0.1) is 0 Å². The molecule has 0 spiro atoms. The highest BCUT2D eigenvalue weighted by molar-refractivity contribution is 7.12. The van der Waals surface area contributed by atoms with Gasteiger partial charge in [-0.25, -0.2) is 4.79 Å². The fourth-order valence-electron chi connectivity index (χ4n) is 2.48. The molecular weight excluding hydrogens is 310 g/mol. The lowest BCUT2D eigenvalue weighted by molar-refractivity contribution is -0.142. The number of carbonyl (C=O) groups excluding carboxylic acids is 1. The monoisotopic (exact) mass is 323 g/mol. The number of amides is 1. The van der Waals surface area contributed by atoms with Crippen molar-refractivity contribution in [3.8, 4) is 5.75 Å². The van der Waals surface area contributed by atoms with Gasteiger partial charge in [0.15, 0.2) is 6.04 Å². The molecule has 110 valence electrons. The Hall–Kier alpha value is -1.86. The van der Waals surface area contributed by atoms with Gasteiger partial charge in [-0.2, -0.15) is 0 Å². The smallest absolute Gasteiger partial charge is 0.331 e. The molecule has 0 fully saturated rings. The van der Waals surface area contributed by atoms with Gasteiger partial charge in [0.1, 0.15) is 5.75 Å². The molecule has 0 aromatic carbocycles. The van der Waals surface area contributed by atoms with Gasteiger partial charge in [-0.15, -0.1) is 22.7 Å². The molecule has 1 N–H and O–H groups in total. The molecule has 0 radical (unpaired) electrons. The van der Waals surface area contributed by atoms with E-state index in [1.54, 1.807) is 28.8 Å². The van der Waals surface area contributed by atoms with E-state index in [9.17, 15) is 14.7 Å². The Labute approximate surface area is 129 Å². The first-order chi connectivity index (χ1) is 10.1. The van der Waals surface area contributed by atoms with Gasteiger partial charge < -0.3 is 14.7 Å². The number of methoxy groups -OCH3 is 1. The zero-order valence-corrected chi connectivity index (χ0v) is 12.9. The summed E-state index contributed by atoms with van der Waals surface area (Å²) in [5.74, 6) is -0.637. The molecule has 1 amide bonds. The molecule has 0 saturated carbocycles. The Morgan fingerprint density at radius 1 is 1.43 bits per heavy atom. The van der Waals surface area contributed by atoms with Crippen LogP contribution in [-0.4, -0.2) is 35.5 Å². The molecule has 5 nitrogen and oxygen atoms in total. The Bertz CT molecular complexity index is 691. The summed E-state index contributed by atoms with van der Waals surface area (Å²) < 4.78 is 5.08. The molecule has 1 aliphatic heterocycles. The van der Waals surface area contributed by atoms with Crippen molar-refractivity contribution in [2.45, 2.75) is 12.5 Å². The van der Waals surface area contributed by atoms with Crippen LogP contribution in [0.2, 0.25) is 0 Å². The molecule has 3 rings (SSSR count). The molecule has 2 aromatic rings. The van der Waals surface area contributed by atoms with Gasteiger partial charge in [0.05, 0.1) is 12.0 Å². The molecule has 0 aliphatic carbocycles. The molecule has 1 atom stereocenters. The van der Waals surface area contributed by atoms with Gasteiger partial charge in [0.25, 0.3) is 5.91 Å². The molecule has 21 heavy (non-hydrogen) atoms. The van der Waals surface area contributed by atoms with Crippen molar-refractivity contribution in [2.24, 2.45) is 0 Å². The fraction of sp³-hybridized carbons (Fsp3) is 0.286. The molecule has 7 heteroatoms. The third-order valence-electron chi connectivity index (χ3n) is 3.48. The first-order valence-electron chi connectivity index (χ1n) is 6.34. The maximum atomic E-state index is 12.6. The summed E-state index contributed by atoms with van der Waals surface area (Å²) in [6.45, 7) is 0.420. The van der Waals surface area contributed by atoms with Gasteiger partial charge in [-0.05, 0) is 23.4 Å². The lowest BCUT2D eigenvalue weighted by Gasteiger charge is -2.32. The highest BCUT2D eigenvalue weighted by atomic mass is 32.1. The maximum Gasteiger partial charge on any atom is 0.331 e. The van der Waals surface area contributed by atoms with E-state index in [-0.39, 0.29) is 5.91 Å². The molecule has 0 saturated heterocycles. The topological polar surface area (TPSA) is 66.8 Å². The minimum absolute atomic E-state index is 0.257. The van der Waals surface area contributed by atoms with Gasteiger partial charge in [0.2, 0.25) is 0 Å². The van der Waals surface area contributed by atoms with E-state index in [0.29, 0.717) is 23.6 Å². The number of aliphatic carboxylic acids is 1. The maximum absolute atomic E-state index is 12.6. The molecule has 0 bridgehead atoms. The standard InChI is InChI=1S/C14H13NO4S2/c1-19-8-6-11(21-7-8)13(16)15-4-2-10-9(3-5-20-10)12(15)14(17)18/h3,5-7,12H,2,4H2,1H3,(H,17,18). The summed E-state index contributed by atoms with van der Waals surface area (Å²) >= 11 is 2.81. The number of ether oxygens (including phenoxy) is 1. The lowest BCUT2D eigenvalue weighted by atomic mass is 10.00. The first-order valence-corrected chi connectivity index (χ1v) is 8.10. The van der Waals surface area contributed by atoms with E-state index in [4.69, 9.17) is 4.74 Å². The average molecular weight is 323 g/mol. The Kier molecular flexibility index (Phi) is 3.69. The zero-order valence-electron chi connectivity index (χ0n) is 11.2. The van der Waals surface area contributed by atoms with E-state index < -0.39 is 12.0 Å². The van der Waals surface area contributed by atoms with E-state index in [1.807, 2.05) is 5.38 Å². The SMILES string of the molecule is COc1csc(C(=O)N2CCc3sccc3C2C(=O)O)c1. The number of carbonyl (C=O) groups is 2. The number of hydrogen-bond donors (Lipinski definition) is 1. The predicted octanol–water partition coefficient (Wildman–Crippen LogP) is 2.64. The van der Waals surface area contributed by atoms with E-state index in [0.717, 1.165) is 10.4 Å². The van der Waals surface area contributed by atoms with Crippen LogP contribution in [0.5, 0.6) is 5.75 Å². The van der Waals surface area contributed by atoms with Crippen molar-refractivity contribution in [1.82, 2.24) is 4.90 Å². The predicted molar refractivity (Wildman–Crippen MR) is 80.3 cm³/mol. The highest BCUT2D eigenvalue weighted by Crippen LogP contribution is 2.35. The van der Waals surface area contributed by atoms with Crippen molar-refractivity contribution in [1.29, 1.82) is 0 Å². The summed E-state index contributed by atoms with van der Waals surface area (Å²) in [5, 5.41) is 13.1. The lowest BCUT2D eigenvalue weighted by Crippen LogP contribution is -2.42. The summed E-state index contributed by atoms with van der Waals surface area (Å²) in [4.78, 5) is 27.2. The van der Waals surface area contributed by atoms with Gasteiger partial charge in [0, 0.05) is 22.9 Å². The van der Waals surface area contributed by atoms with Gasteiger partial charge in [-0.1, -0.05) is 0 Å². The van der Waals surface area contributed by atoms with Crippen LogP contribution in [0.15, 0.2) is 22.9 Å². The van der Waals surface area contributed by atoms with Crippen LogP contribution in [0.1, 0.15) is 26.2 Å².